The summed E-state index contributed by atoms with van der Waals surface area (Å²) >= 11 is 7.00. The number of ketones is 1. The van der Waals surface area contributed by atoms with Gasteiger partial charge in [0.05, 0.1) is 9.21 Å². The van der Waals surface area contributed by atoms with Gasteiger partial charge >= 0.3 is 0 Å². The molecule has 1 aromatic rings. The summed E-state index contributed by atoms with van der Waals surface area (Å²) in [5.74, 6) is -0.319. The first-order valence-electron chi connectivity index (χ1n) is 8.39. The smallest absolute Gasteiger partial charge is 0.221 e. The molecule has 1 saturated carbocycles. The van der Waals surface area contributed by atoms with Gasteiger partial charge in [-0.3, -0.25) is 14.4 Å². The van der Waals surface area contributed by atoms with Crippen LogP contribution in [-0.4, -0.2) is 30.2 Å². The second-order valence-corrected chi connectivity index (χ2v) is 7.74. The van der Waals surface area contributed by atoms with Crippen molar-refractivity contribution in [3.63, 3.8) is 0 Å². The first-order valence-corrected chi connectivity index (χ1v) is 9.58. The minimum Gasteiger partial charge on any atom is -0.356 e. The lowest BCUT2D eigenvalue weighted by Gasteiger charge is -2.22. The minimum absolute atomic E-state index is 0.0218. The molecule has 0 radical (unpaired) electrons. The molecule has 1 aromatic heterocycles. The molecule has 132 valence electrons. The van der Waals surface area contributed by atoms with E-state index in [2.05, 4.69) is 10.6 Å². The van der Waals surface area contributed by atoms with Crippen molar-refractivity contribution < 1.29 is 14.4 Å². The summed E-state index contributed by atoms with van der Waals surface area (Å²) < 4.78 is 0.562. The van der Waals surface area contributed by atoms with Crippen molar-refractivity contribution in [2.24, 2.45) is 0 Å². The van der Waals surface area contributed by atoms with Crippen LogP contribution in [0.3, 0.4) is 0 Å². The fourth-order valence-corrected chi connectivity index (χ4v) is 3.78. The molecular formula is C17H23ClN2O3S. The molecule has 7 heteroatoms. The molecule has 0 aliphatic heterocycles. The van der Waals surface area contributed by atoms with Crippen LogP contribution in [0.2, 0.25) is 4.34 Å². The van der Waals surface area contributed by atoms with E-state index in [0.717, 1.165) is 12.8 Å². The van der Waals surface area contributed by atoms with Crippen molar-refractivity contribution >= 4 is 40.5 Å². The molecule has 1 aliphatic carbocycles. The Balaban J connectivity index is 1.57. The van der Waals surface area contributed by atoms with Gasteiger partial charge in [0.15, 0.2) is 5.78 Å². The van der Waals surface area contributed by atoms with Crippen molar-refractivity contribution in [1.29, 1.82) is 0 Å². The van der Waals surface area contributed by atoms with E-state index < -0.39 is 0 Å². The lowest BCUT2D eigenvalue weighted by molar-refractivity contribution is -0.122. The van der Waals surface area contributed by atoms with E-state index in [1.165, 1.54) is 30.6 Å². The number of amides is 2. The van der Waals surface area contributed by atoms with Gasteiger partial charge in [0, 0.05) is 31.8 Å². The van der Waals surface area contributed by atoms with Crippen LogP contribution in [0.4, 0.5) is 0 Å². The zero-order chi connectivity index (χ0) is 17.4. The van der Waals surface area contributed by atoms with Crippen molar-refractivity contribution in [2.75, 3.05) is 6.54 Å². The average Bonchev–Trinajstić information content (AvgIpc) is 3.00. The molecule has 0 saturated heterocycles. The number of Topliss-reactive ketones (excluding diaryl/α,β-unsaturated/α-hetero) is 1. The van der Waals surface area contributed by atoms with Crippen molar-refractivity contribution in [1.82, 2.24) is 10.6 Å². The topological polar surface area (TPSA) is 75.3 Å². The number of carbonyl (C=O) groups is 3. The van der Waals surface area contributed by atoms with Crippen LogP contribution in [0.1, 0.15) is 61.0 Å². The van der Waals surface area contributed by atoms with Crippen LogP contribution in [0.5, 0.6) is 0 Å². The van der Waals surface area contributed by atoms with Crippen molar-refractivity contribution in [2.45, 2.75) is 57.4 Å². The zero-order valence-corrected chi connectivity index (χ0v) is 15.2. The van der Waals surface area contributed by atoms with Gasteiger partial charge < -0.3 is 10.6 Å². The summed E-state index contributed by atoms with van der Waals surface area (Å²) in [4.78, 5) is 36.0. The molecule has 2 rings (SSSR count). The Morgan fingerprint density at radius 3 is 2.46 bits per heavy atom. The van der Waals surface area contributed by atoms with E-state index in [-0.39, 0.29) is 42.9 Å². The summed E-state index contributed by atoms with van der Waals surface area (Å²) in [6.45, 7) is 0.302. The van der Waals surface area contributed by atoms with Gasteiger partial charge in [0.2, 0.25) is 11.8 Å². The number of thiophene rings is 1. The number of nitrogens with one attached hydrogen (secondary N) is 2. The van der Waals surface area contributed by atoms with Gasteiger partial charge in [-0.15, -0.1) is 11.3 Å². The predicted molar refractivity (Wildman–Crippen MR) is 95.5 cm³/mol. The van der Waals surface area contributed by atoms with Crippen LogP contribution in [-0.2, 0) is 9.59 Å². The molecule has 5 nitrogen and oxygen atoms in total. The Morgan fingerprint density at radius 1 is 1.04 bits per heavy atom. The average molecular weight is 371 g/mol. The van der Waals surface area contributed by atoms with Gasteiger partial charge in [0.1, 0.15) is 0 Å². The number of halogens is 1. The highest BCUT2D eigenvalue weighted by Crippen LogP contribution is 2.22. The molecule has 0 aromatic carbocycles. The van der Waals surface area contributed by atoms with E-state index in [0.29, 0.717) is 15.8 Å². The third-order valence-corrected chi connectivity index (χ3v) is 5.34. The molecule has 0 unspecified atom stereocenters. The Bertz CT molecular complexity index is 582. The molecular weight excluding hydrogens is 348 g/mol. The van der Waals surface area contributed by atoms with Crippen molar-refractivity contribution in [3.05, 3.63) is 21.3 Å². The van der Waals surface area contributed by atoms with Crippen molar-refractivity contribution in [3.8, 4) is 0 Å². The van der Waals surface area contributed by atoms with Gasteiger partial charge in [-0.2, -0.15) is 0 Å². The molecule has 0 spiro atoms. The van der Waals surface area contributed by atoms with Crippen LogP contribution < -0.4 is 10.6 Å². The summed E-state index contributed by atoms with van der Waals surface area (Å²) in [6, 6.07) is 3.63. The highest BCUT2D eigenvalue weighted by molar-refractivity contribution is 7.18. The van der Waals surface area contributed by atoms with E-state index in [9.17, 15) is 14.4 Å². The summed E-state index contributed by atoms with van der Waals surface area (Å²) in [6.07, 6.45) is 6.24. The Kier molecular flexibility index (Phi) is 7.72. The molecule has 24 heavy (non-hydrogen) atoms. The third-order valence-electron chi connectivity index (χ3n) is 4.07. The third kappa shape index (κ3) is 6.61. The number of hydrogen-bond acceptors (Lipinski definition) is 4. The maximum Gasteiger partial charge on any atom is 0.221 e. The maximum atomic E-state index is 11.9. The second kappa shape index (κ2) is 9.79. The SMILES string of the molecule is O=C(CCC(=O)c1ccc(Cl)s1)NCCC(=O)NC1CCCCC1. The predicted octanol–water partition coefficient (Wildman–Crippen LogP) is 3.32. The van der Waals surface area contributed by atoms with Gasteiger partial charge in [-0.05, 0) is 25.0 Å². The van der Waals surface area contributed by atoms with Gasteiger partial charge in [0.25, 0.3) is 0 Å². The summed E-state index contributed by atoms with van der Waals surface area (Å²) in [5, 5.41) is 5.70. The van der Waals surface area contributed by atoms with Crippen LogP contribution in [0.25, 0.3) is 0 Å². The summed E-state index contributed by atoms with van der Waals surface area (Å²) in [5.41, 5.74) is 0. The quantitative estimate of drug-likeness (QED) is 0.689. The number of hydrogen-bond donors (Lipinski definition) is 2. The highest BCUT2D eigenvalue weighted by atomic mass is 35.5. The lowest BCUT2D eigenvalue weighted by atomic mass is 9.95. The fourth-order valence-electron chi connectivity index (χ4n) is 2.77. The lowest BCUT2D eigenvalue weighted by Crippen LogP contribution is -2.38. The molecule has 0 bridgehead atoms. The van der Waals surface area contributed by atoms with E-state index in [1.54, 1.807) is 12.1 Å². The van der Waals surface area contributed by atoms with Gasteiger partial charge in [-0.25, -0.2) is 0 Å². The Hall–Kier alpha value is -1.40. The second-order valence-electron chi connectivity index (χ2n) is 6.03. The molecule has 1 heterocycles. The maximum absolute atomic E-state index is 11.9. The summed E-state index contributed by atoms with van der Waals surface area (Å²) in [7, 11) is 0. The van der Waals surface area contributed by atoms with E-state index in [1.807, 2.05) is 0 Å². The van der Waals surface area contributed by atoms with Crippen LogP contribution in [0, 0.1) is 0 Å². The molecule has 1 fully saturated rings. The van der Waals surface area contributed by atoms with E-state index in [4.69, 9.17) is 11.6 Å². The fraction of sp³-hybridized carbons (Fsp3) is 0.588. The molecule has 2 N–H and O–H groups in total. The Morgan fingerprint density at radius 2 is 1.79 bits per heavy atom. The molecule has 1 aliphatic rings. The number of carbonyl (C=O) groups excluding carboxylic acids is 3. The molecule has 0 atom stereocenters. The highest BCUT2D eigenvalue weighted by Gasteiger charge is 2.16. The first kappa shape index (κ1) is 18.9. The first-order chi connectivity index (χ1) is 11.5. The zero-order valence-electron chi connectivity index (χ0n) is 13.6. The largest absolute Gasteiger partial charge is 0.356 e. The number of rotatable bonds is 8. The monoisotopic (exact) mass is 370 g/mol. The van der Waals surface area contributed by atoms with E-state index >= 15 is 0 Å². The van der Waals surface area contributed by atoms with Gasteiger partial charge in [-0.1, -0.05) is 30.9 Å². The molecule has 2 amide bonds. The van der Waals surface area contributed by atoms with Crippen LogP contribution in [0.15, 0.2) is 12.1 Å². The minimum atomic E-state index is -0.212. The van der Waals surface area contributed by atoms with Crippen LogP contribution >= 0.6 is 22.9 Å². The normalized spacial score (nSPS) is 15.0. The Labute approximate surface area is 151 Å². The standard InChI is InChI=1S/C17H23ClN2O3S/c18-15-8-7-14(24-15)13(21)6-9-16(22)19-11-10-17(23)20-12-4-2-1-3-5-12/h7-8,12H,1-6,9-11H2,(H,19,22)(H,20,23).